The lowest BCUT2D eigenvalue weighted by Crippen LogP contribution is -2.14. The second-order valence-electron chi connectivity index (χ2n) is 7.09. The van der Waals surface area contributed by atoms with Crippen LogP contribution < -0.4 is 0 Å². The molecule has 1 nitrogen and oxygen atoms in total. The van der Waals surface area contributed by atoms with Crippen LogP contribution in [0.2, 0.25) is 0 Å². The second-order valence-corrected chi connectivity index (χ2v) is 7.09. The summed E-state index contributed by atoms with van der Waals surface area (Å²) in [6.45, 7) is 2.97. The molecule has 3 aromatic carbocycles. The largest absolute Gasteiger partial charge is 0.309 e. The van der Waals surface area contributed by atoms with Crippen LogP contribution >= 0.6 is 0 Å². The van der Waals surface area contributed by atoms with E-state index in [0.717, 1.165) is 21.8 Å². The van der Waals surface area contributed by atoms with Gasteiger partial charge in [-0.3, -0.25) is 0 Å². The molecule has 0 spiro atoms. The van der Waals surface area contributed by atoms with Crippen LogP contribution in [0.5, 0.6) is 0 Å². The maximum Gasteiger partial charge on any atom is 0.0645 e. The highest BCUT2D eigenvalue weighted by Crippen LogP contribution is 2.35. The minimum Gasteiger partial charge on any atom is -0.309 e. The molecule has 1 heteroatoms. The summed E-state index contributed by atoms with van der Waals surface area (Å²) >= 11 is 0. The molecule has 4 aromatic rings. The first-order valence-corrected chi connectivity index (χ1v) is 8.08. The van der Waals surface area contributed by atoms with E-state index in [9.17, 15) is 0 Å². The average Bonchev–Trinajstić information content (AvgIpc) is 2.99. The molecule has 0 aliphatic heterocycles. The van der Waals surface area contributed by atoms with Crippen LogP contribution in [0.15, 0.2) is 66.7 Å². The third kappa shape index (κ3) is 2.16. The Hall–Kier alpha value is -2.54. The molecule has 0 radical (unpaired) electrons. The van der Waals surface area contributed by atoms with E-state index in [4.69, 9.17) is 8.22 Å². The van der Waals surface area contributed by atoms with Gasteiger partial charge < -0.3 is 4.57 Å². The van der Waals surface area contributed by atoms with Gasteiger partial charge in [0.15, 0.2) is 0 Å². The molecule has 0 amide bonds. The Morgan fingerprint density at radius 2 is 1.46 bits per heavy atom. The molecule has 0 unspecified atom stereocenters. The van der Waals surface area contributed by atoms with Crippen LogP contribution in [0, 0.1) is 6.85 Å². The van der Waals surface area contributed by atoms with E-state index in [-0.39, 0.29) is 29.4 Å². The van der Waals surface area contributed by atoms with Crippen LogP contribution in [0.4, 0.5) is 0 Å². The summed E-state index contributed by atoms with van der Waals surface area (Å²) in [6, 6.07) is 14.6. The first-order valence-electron chi connectivity index (χ1n) is 11.1. The second kappa shape index (κ2) is 5.24. The Kier molecular flexibility index (Phi) is 2.11. The number of nitrogens with zero attached hydrogens (tertiary/aromatic N) is 1. The number of para-hydroxylation sites is 2. The van der Waals surface area contributed by atoms with Gasteiger partial charge in [-0.1, -0.05) is 69.3 Å². The summed E-state index contributed by atoms with van der Waals surface area (Å²) < 4.78 is 52.4. The number of fused-ring (bicyclic) bond motifs is 3. The number of hydrogen-bond donors (Lipinski definition) is 0. The zero-order valence-corrected chi connectivity index (χ0v) is 14.1. The van der Waals surface area contributed by atoms with E-state index in [1.165, 1.54) is 0 Å². The van der Waals surface area contributed by atoms with Crippen LogP contribution in [-0.2, 0) is 5.41 Å². The van der Waals surface area contributed by atoms with Crippen molar-refractivity contribution >= 4 is 21.8 Å². The normalized spacial score (nSPS) is 16.3. The third-order valence-corrected chi connectivity index (χ3v) is 4.41. The summed E-state index contributed by atoms with van der Waals surface area (Å²) in [6.07, 6.45) is 0. The van der Waals surface area contributed by atoms with Crippen LogP contribution in [0.1, 0.15) is 40.1 Å². The Balaban J connectivity index is 2.33. The van der Waals surface area contributed by atoms with Crippen LogP contribution in [0.25, 0.3) is 27.5 Å². The highest BCUT2D eigenvalue weighted by molar-refractivity contribution is 6.09. The summed E-state index contributed by atoms with van der Waals surface area (Å²) in [5.74, 6) is 0. The van der Waals surface area contributed by atoms with Gasteiger partial charge >= 0.3 is 0 Å². The van der Waals surface area contributed by atoms with Crippen molar-refractivity contribution in [1.82, 2.24) is 4.57 Å². The van der Waals surface area contributed by atoms with Gasteiger partial charge in [0.1, 0.15) is 0 Å². The molecular formula is C23H23N. The minimum absolute atomic E-state index is 0.0208. The van der Waals surface area contributed by atoms with Crippen LogP contribution in [-0.4, -0.2) is 4.57 Å². The molecule has 4 rings (SSSR count). The van der Waals surface area contributed by atoms with Gasteiger partial charge in [0.05, 0.1) is 15.1 Å². The van der Waals surface area contributed by atoms with E-state index in [2.05, 4.69) is 0 Å². The van der Waals surface area contributed by atoms with Gasteiger partial charge in [-0.15, -0.1) is 0 Å². The lowest BCUT2D eigenvalue weighted by molar-refractivity contribution is 0.585. The quantitative estimate of drug-likeness (QED) is 0.383. The molecule has 0 N–H and O–H groups in total. The Labute approximate surface area is 152 Å². The average molecular weight is 319 g/mol. The monoisotopic (exact) mass is 319 g/mol. The molecule has 0 fully saturated rings. The summed E-state index contributed by atoms with van der Waals surface area (Å²) in [7, 11) is 0. The smallest absolute Gasteiger partial charge is 0.0645 e. The number of benzene rings is 3. The van der Waals surface area contributed by atoms with Crippen molar-refractivity contribution in [3.63, 3.8) is 0 Å². The maximum atomic E-state index is 8.71. The Bertz CT molecular complexity index is 1240. The number of aromatic nitrogens is 1. The Morgan fingerprint density at radius 1 is 0.875 bits per heavy atom. The van der Waals surface area contributed by atoms with Crippen molar-refractivity contribution in [3.8, 4) is 5.69 Å². The summed E-state index contributed by atoms with van der Waals surface area (Å²) in [5, 5.41) is 1.89. The van der Waals surface area contributed by atoms with E-state index < -0.39 is 12.3 Å². The molecule has 0 atom stereocenters. The van der Waals surface area contributed by atoms with Gasteiger partial charge in [0.25, 0.3) is 0 Å². The lowest BCUT2D eigenvalue weighted by atomic mass is 9.83. The number of hydrogen-bond acceptors (Lipinski definition) is 0. The molecule has 24 heavy (non-hydrogen) atoms. The third-order valence-electron chi connectivity index (χ3n) is 4.41. The fourth-order valence-electron chi connectivity index (χ4n) is 3.29. The van der Waals surface area contributed by atoms with Crippen molar-refractivity contribution in [3.05, 3.63) is 77.8 Å². The SMILES string of the molecule is [2H]c1c([2H])c(-n2c3ccccc3c3ccccc32)c(C([2H])([2H])[2H])c(C(C)(C)C)c1[2H]. The van der Waals surface area contributed by atoms with Crippen molar-refractivity contribution in [1.29, 1.82) is 0 Å². The standard InChI is InChI=1S/C23H23N/c1-16-19(23(2,3)4)12-9-15-20(16)24-21-13-7-5-10-17(21)18-11-6-8-14-22(18)24/h5-15H,1-4H3/i1D3,9D,12D,15D. The fraction of sp³-hybridized carbons (Fsp3) is 0.217. The van der Waals surface area contributed by atoms with Crippen molar-refractivity contribution in [2.24, 2.45) is 0 Å². The lowest BCUT2D eigenvalue weighted by Gasteiger charge is -2.24. The maximum absolute atomic E-state index is 8.71. The Morgan fingerprint density at radius 3 is 2.00 bits per heavy atom. The minimum atomic E-state index is -2.55. The molecule has 0 aliphatic carbocycles. The zero-order chi connectivity index (χ0) is 22.0. The van der Waals surface area contributed by atoms with Crippen molar-refractivity contribution in [2.45, 2.75) is 33.0 Å². The molecule has 0 aliphatic rings. The van der Waals surface area contributed by atoms with E-state index in [1.807, 2.05) is 69.3 Å². The highest BCUT2D eigenvalue weighted by Gasteiger charge is 2.20. The van der Waals surface area contributed by atoms with E-state index in [1.54, 1.807) is 4.57 Å². The zero-order valence-electron chi connectivity index (χ0n) is 20.1. The molecule has 0 saturated carbocycles. The van der Waals surface area contributed by atoms with Gasteiger partial charge in [0.2, 0.25) is 0 Å². The molecule has 0 saturated heterocycles. The number of rotatable bonds is 1. The predicted octanol–water partition coefficient (Wildman–Crippen LogP) is 6.39. The van der Waals surface area contributed by atoms with Gasteiger partial charge in [-0.2, -0.15) is 0 Å². The fourth-order valence-corrected chi connectivity index (χ4v) is 3.29. The van der Waals surface area contributed by atoms with Gasteiger partial charge in [-0.05, 0) is 41.6 Å². The molecule has 0 bridgehead atoms. The molecule has 1 heterocycles. The van der Waals surface area contributed by atoms with Gasteiger partial charge in [-0.25, -0.2) is 0 Å². The van der Waals surface area contributed by atoms with Crippen molar-refractivity contribution < 1.29 is 8.22 Å². The van der Waals surface area contributed by atoms with Gasteiger partial charge in [0, 0.05) is 20.6 Å². The molecule has 120 valence electrons. The first-order chi connectivity index (χ1) is 13.9. The first kappa shape index (κ1) is 9.68. The van der Waals surface area contributed by atoms with Crippen molar-refractivity contribution in [2.75, 3.05) is 0 Å². The molecular weight excluding hydrogens is 290 g/mol. The topological polar surface area (TPSA) is 4.93 Å². The summed E-state index contributed by atoms with van der Waals surface area (Å²) in [4.78, 5) is 0. The molecule has 1 aromatic heterocycles. The highest BCUT2D eigenvalue weighted by atomic mass is 15.0. The summed E-state index contributed by atoms with van der Waals surface area (Å²) in [5.41, 5.74) is 1.30. The van der Waals surface area contributed by atoms with E-state index >= 15 is 0 Å². The van der Waals surface area contributed by atoms with E-state index in [0.29, 0.717) is 5.56 Å². The predicted molar refractivity (Wildman–Crippen MR) is 104 cm³/mol. The van der Waals surface area contributed by atoms with Crippen LogP contribution in [0.3, 0.4) is 0 Å².